The van der Waals surface area contributed by atoms with Gasteiger partial charge in [0.05, 0.1) is 13.0 Å². The van der Waals surface area contributed by atoms with Crippen LogP contribution < -0.4 is 10.1 Å². The van der Waals surface area contributed by atoms with Crippen molar-refractivity contribution in [3.8, 4) is 5.75 Å². The predicted molar refractivity (Wildman–Crippen MR) is 77.2 cm³/mol. The molecule has 0 radical (unpaired) electrons. The van der Waals surface area contributed by atoms with Crippen LogP contribution in [0.2, 0.25) is 0 Å². The predicted octanol–water partition coefficient (Wildman–Crippen LogP) is 2.24. The number of rotatable bonds is 3. The quantitative estimate of drug-likeness (QED) is 0.899. The maximum absolute atomic E-state index is 11.4. The Morgan fingerprint density at radius 3 is 2.80 bits per heavy atom. The van der Waals surface area contributed by atoms with Crippen molar-refractivity contribution in [3.05, 3.63) is 42.0 Å². The number of nitrogens with one attached hydrogen (secondary N) is 1. The van der Waals surface area contributed by atoms with E-state index in [1.807, 2.05) is 36.4 Å². The molecule has 104 valence electrons. The molecule has 2 N–H and O–H groups in total. The summed E-state index contributed by atoms with van der Waals surface area (Å²) in [4.78, 5) is 11.4. The molecule has 1 aliphatic rings. The average Bonchev–Trinajstić information content (AvgIpc) is 2.95. The second-order valence-corrected chi connectivity index (χ2v) is 5.11. The molecule has 3 rings (SSSR count). The van der Waals surface area contributed by atoms with Crippen LogP contribution in [0.25, 0.3) is 10.8 Å². The summed E-state index contributed by atoms with van der Waals surface area (Å²) in [5.74, 6) is -0.457. The average molecular weight is 271 g/mol. The van der Waals surface area contributed by atoms with Gasteiger partial charge in [-0.05, 0) is 16.8 Å². The summed E-state index contributed by atoms with van der Waals surface area (Å²) < 4.78 is 5.47. The van der Waals surface area contributed by atoms with Crippen LogP contribution >= 0.6 is 0 Å². The van der Waals surface area contributed by atoms with Gasteiger partial charge in [-0.3, -0.25) is 4.79 Å². The van der Waals surface area contributed by atoms with Gasteiger partial charge in [0.25, 0.3) is 0 Å². The topological polar surface area (TPSA) is 58.6 Å². The number of aliphatic carboxylic acids is 1. The highest BCUT2D eigenvalue weighted by atomic mass is 16.5. The number of hydrogen-bond acceptors (Lipinski definition) is 3. The maximum Gasteiger partial charge on any atom is 0.308 e. The molecular formula is C16H17NO3. The number of ether oxygens (including phenoxy) is 1. The highest BCUT2D eigenvalue weighted by Gasteiger charge is 2.36. The number of methoxy groups -OCH3 is 1. The van der Waals surface area contributed by atoms with Crippen molar-refractivity contribution in [3.63, 3.8) is 0 Å². The smallest absolute Gasteiger partial charge is 0.308 e. The lowest BCUT2D eigenvalue weighted by atomic mass is 9.85. The molecule has 0 bridgehead atoms. The molecule has 1 heterocycles. The summed E-state index contributed by atoms with van der Waals surface area (Å²) in [5.41, 5.74) is 1.00. The molecule has 0 amide bonds. The fraction of sp³-hybridized carbons (Fsp3) is 0.312. The van der Waals surface area contributed by atoms with Crippen molar-refractivity contribution in [1.82, 2.24) is 5.32 Å². The Hall–Kier alpha value is -2.07. The van der Waals surface area contributed by atoms with E-state index in [-0.39, 0.29) is 5.92 Å². The van der Waals surface area contributed by atoms with Gasteiger partial charge in [0.1, 0.15) is 5.75 Å². The summed E-state index contributed by atoms with van der Waals surface area (Å²) in [7, 11) is 1.63. The molecule has 1 saturated heterocycles. The fourth-order valence-electron chi connectivity index (χ4n) is 3.08. The second-order valence-electron chi connectivity index (χ2n) is 5.11. The Morgan fingerprint density at radius 2 is 2.05 bits per heavy atom. The molecule has 0 aromatic heterocycles. The highest BCUT2D eigenvalue weighted by molar-refractivity contribution is 5.89. The van der Waals surface area contributed by atoms with Crippen LogP contribution in [0.3, 0.4) is 0 Å². The molecule has 2 aromatic rings. The van der Waals surface area contributed by atoms with Crippen LogP contribution in [0.5, 0.6) is 5.75 Å². The van der Waals surface area contributed by atoms with Crippen LogP contribution in [-0.4, -0.2) is 31.3 Å². The van der Waals surface area contributed by atoms with E-state index in [0.29, 0.717) is 13.1 Å². The second kappa shape index (κ2) is 5.13. The first-order valence-corrected chi connectivity index (χ1v) is 6.71. The minimum atomic E-state index is -0.755. The molecule has 4 heteroatoms. The van der Waals surface area contributed by atoms with Crippen LogP contribution in [0.1, 0.15) is 11.5 Å². The van der Waals surface area contributed by atoms with E-state index in [2.05, 4.69) is 5.32 Å². The summed E-state index contributed by atoms with van der Waals surface area (Å²) >= 11 is 0. The zero-order valence-corrected chi connectivity index (χ0v) is 11.3. The maximum atomic E-state index is 11.4. The van der Waals surface area contributed by atoms with Gasteiger partial charge in [0, 0.05) is 24.6 Å². The zero-order chi connectivity index (χ0) is 14.1. The number of carboxylic acids is 1. The summed E-state index contributed by atoms with van der Waals surface area (Å²) in [6.45, 7) is 1.17. The summed E-state index contributed by atoms with van der Waals surface area (Å²) in [5, 5.41) is 14.8. The van der Waals surface area contributed by atoms with Crippen LogP contribution in [-0.2, 0) is 4.79 Å². The molecule has 2 atom stereocenters. The van der Waals surface area contributed by atoms with Gasteiger partial charge in [-0.1, -0.05) is 30.3 Å². The minimum absolute atomic E-state index is 0.0615. The standard InChI is InChI=1S/C16H17NO3/c1-20-14-7-6-10-4-2-3-5-11(10)15(14)12-8-17-9-13(12)16(18)19/h2-7,12-13,17H,8-9H2,1H3,(H,18,19). The molecule has 0 spiro atoms. The van der Waals surface area contributed by atoms with Gasteiger partial charge < -0.3 is 15.2 Å². The zero-order valence-electron chi connectivity index (χ0n) is 11.3. The monoisotopic (exact) mass is 271 g/mol. The van der Waals surface area contributed by atoms with E-state index in [9.17, 15) is 9.90 Å². The van der Waals surface area contributed by atoms with Crippen molar-refractivity contribution < 1.29 is 14.6 Å². The molecule has 0 saturated carbocycles. The minimum Gasteiger partial charge on any atom is -0.496 e. The van der Waals surface area contributed by atoms with Crippen molar-refractivity contribution in [2.75, 3.05) is 20.2 Å². The van der Waals surface area contributed by atoms with Crippen LogP contribution in [0.4, 0.5) is 0 Å². The lowest BCUT2D eigenvalue weighted by Crippen LogP contribution is -2.21. The van der Waals surface area contributed by atoms with Gasteiger partial charge >= 0.3 is 5.97 Å². The SMILES string of the molecule is COc1ccc2ccccc2c1C1CNCC1C(=O)O. The molecular weight excluding hydrogens is 254 g/mol. The molecule has 2 unspecified atom stereocenters. The van der Waals surface area contributed by atoms with Gasteiger partial charge in [0.2, 0.25) is 0 Å². The van der Waals surface area contributed by atoms with Crippen molar-refractivity contribution in [1.29, 1.82) is 0 Å². The molecule has 1 aliphatic heterocycles. The fourth-order valence-corrected chi connectivity index (χ4v) is 3.08. The van der Waals surface area contributed by atoms with Crippen molar-refractivity contribution in [2.24, 2.45) is 5.92 Å². The normalized spacial score (nSPS) is 22.1. The third-order valence-electron chi connectivity index (χ3n) is 4.05. The Balaban J connectivity index is 2.20. The lowest BCUT2D eigenvalue weighted by molar-refractivity contribution is -0.141. The first-order valence-electron chi connectivity index (χ1n) is 6.71. The third kappa shape index (κ3) is 2.02. The van der Waals surface area contributed by atoms with E-state index in [1.165, 1.54) is 0 Å². The molecule has 4 nitrogen and oxygen atoms in total. The summed E-state index contributed by atoms with van der Waals surface area (Å²) in [6, 6.07) is 12.0. The molecule has 20 heavy (non-hydrogen) atoms. The van der Waals surface area contributed by atoms with Crippen LogP contribution in [0.15, 0.2) is 36.4 Å². The lowest BCUT2D eigenvalue weighted by Gasteiger charge is -2.20. The first-order chi connectivity index (χ1) is 9.72. The van der Waals surface area contributed by atoms with Gasteiger partial charge in [0.15, 0.2) is 0 Å². The van der Waals surface area contributed by atoms with Gasteiger partial charge in [-0.2, -0.15) is 0 Å². The number of carbonyl (C=O) groups is 1. The molecule has 1 fully saturated rings. The Kier molecular flexibility index (Phi) is 3.32. The molecule has 2 aromatic carbocycles. The van der Waals surface area contributed by atoms with Crippen LogP contribution in [0, 0.1) is 5.92 Å². The Morgan fingerprint density at radius 1 is 1.25 bits per heavy atom. The number of benzene rings is 2. The van der Waals surface area contributed by atoms with Gasteiger partial charge in [-0.15, -0.1) is 0 Å². The molecule has 0 aliphatic carbocycles. The van der Waals surface area contributed by atoms with E-state index in [4.69, 9.17) is 4.74 Å². The third-order valence-corrected chi connectivity index (χ3v) is 4.05. The largest absolute Gasteiger partial charge is 0.496 e. The van der Waals surface area contributed by atoms with Crippen molar-refractivity contribution >= 4 is 16.7 Å². The Labute approximate surface area is 117 Å². The summed E-state index contributed by atoms with van der Waals surface area (Å²) in [6.07, 6.45) is 0. The van der Waals surface area contributed by atoms with Gasteiger partial charge in [-0.25, -0.2) is 0 Å². The first kappa shape index (κ1) is 12.9. The van der Waals surface area contributed by atoms with E-state index in [1.54, 1.807) is 7.11 Å². The van der Waals surface area contributed by atoms with E-state index in [0.717, 1.165) is 22.1 Å². The van der Waals surface area contributed by atoms with E-state index < -0.39 is 11.9 Å². The van der Waals surface area contributed by atoms with E-state index >= 15 is 0 Å². The number of hydrogen-bond donors (Lipinski definition) is 2. The van der Waals surface area contributed by atoms with Crippen molar-refractivity contribution in [2.45, 2.75) is 5.92 Å². The number of carboxylic acid groups (broad SMARTS) is 1. The number of fused-ring (bicyclic) bond motifs is 1. The Bertz CT molecular complexity index is 653. The highest BCUT2D eigenvalue weighted by Crippen LogP contribution is 2.39.